The molecule has 0 aliphatic rings. The molecule has 4 nitrogen and oxygen atoms in total. The highest BCUT2D eigenvalue weighted by molar-refractivity contribution is 4.85. The van der Waals surface area contributed by atoms with Crippen molar-refractivity contribution in [1.29, 1.82) is 0 Å². The lowest BCUT2D eigenvalue weighted by molar-refractivity contribution is -0.283. The fraction of sp³-hybridized carbons (Fsp3) is 0.333. The highest BCUT2D eigenvalue weighted by Crippen LogP contribution is 1.89. The molecule has 0 radical (unpaired) electrons. The van der Waals surface area contributed by atoms with Gasteiger partial charge in [0.2, 0.25) is 0 Å². The largest absolute Gasteiger partial charge is 0.240 e. The van der Waals surface area contributed by atoms with Crippen LogP contribution in [0.15, 0.2) is 18.5 Å². The first-order chi connectivity index (χ1) is 4.93. The summed E-state index contributed by atoms with van der Waals surface area (Å²) in [7, 11) is 1.45. The van der Waals surface area contributed by atoms with Crippen molar-refractivity contribution in [3.63, 3.8) is 0 Å². The predicted molar refractivity (Wildman–Crippen MR) is 33.8 cm³/mol. The molecule has 1 rings (SSSR count). The minimum absolute atomic E-state index is 0.289. The van der Waals surface area contributed by atoms with Gasteiger partial charge in [0.1, 0.15) is 6.61 Å². The summed E-state index contributed by atoms with van der Waals surface area (Å²) >= 11 is 0. The van der Waals surface area contributed by atoms with Crippen molar-refractivity contribution in [2.24, 2.45) is 0 Å². The molecular formula is C6H8N2O2. The van der Waals surface area contributed by atoms with E-state index in [1.165, 1.54) is 7.11 Å². The summed E-state index contributed by atoms with van der Waals surface area (Å²) in [4.78, 5) is 16.8. The molecule has 1 heterocycles. The van der Waals surface area contributed by atoms with Crippen LogP contribution in [-0.2, 0) is 16.4 Å². The zero-order chi connectivity index (χ0) is 7.23. The Kier molecular flexibility index (Phi) is 2.79. The molecule has 0 fully saturated rings. The third-order valence-electron chi connectivity index (χ3n) is 0.925. The second kappa shape index (κ2) is 3.92. The summed E-state index contributed by atoms with van der Waals surface area (Å²) < 4.78 is 0. The van der Waals surface area contributed by atoms with Crippen LogP contribution < -0.4 is 0 Å². The maximum Gasteiger partial charge on any atom is 0.157 e. The Bertz CT molecular complexity index is 178. The zero-order valence-corrected chi connectivity index (χ0v) is 5.65. The van der Waals surface area contributed by atoms with Gasteiger partial charge >= 0.3 is 0 Å². The summed E-state index contributed by atoms with van der Waals surface area (Å²) in [6.07, 6.45) is 3.31. The minimum atomic E-state index is 0.289. The van der Waals surface area contributed by atoms with Gasteiger partial charge in [0.05, 0.1) is 7.11 Å². The number of hydrogen-bond acceptors (Lipinski definition) is 4. The van der Waals surface area contributed by atoms with E-state index in [0.29, 0.717) is 5.82 Å². The summed E-state index contributed by atoms with van der Waals surface area (Å²) in [5.74, 6) is 0.615. The number of nitrogens with zero attached hydrogens (tertiary/aromatic N) is 2. The van der Waals surface area contributed by atoms with Crippen LogP contribution in [0, 0.1) is 0 Å². The molecule has 0 N–H and O–H groups in total. The van der Waals surface area contributed by atoms with E-state index in [-0.39, 0.29) is 6.61 Å². The first-order valence-corrected chi connectivity index (χ1v) is 2.85. The molecule has 0 bridgehead atoms. The topological polar surface area (TPSA) is 44.2 Å². The standard InChI is InChI=1S/C6H8N2O2/c1-9-10-5-6-7-3-2-4-8-6/h2-4H,5H2,1H3. The van der Waals surface area contributed by atoms with Crippen molar-refractivity contribution in [3.8, 4) is 0 Å². The lowest BCUT2D eigenvalue weighted by Gasteiger charge is -1.95. The second-order valence-electron chi connectivity index (χ2n) is 1.59. The van der Waals surface area contributed by atoms with Gasteiger partial charge in [-0.15, -0.1) is 0 Å². The molecule has 1 aromatic heterocycles. The van der Waals surface area contributed by atoms with Gasteiger partial charge in [-0.3, -0.25) is 0 Å². The number of aromatic nitrogens is 2. The van der Waals surface area contributed by atoms with Gasteiger partial charge in [-0.2, -0.15) is 0 Å². The van der Waals surface area contributed by atoms with Crippen molar-refractivity contribution in [2.45, 2.75) is 6.61 Å². The highest BCUT2D eigenvalue weighted by Gasteiger charge is 1.91. The Morgan fingerprint density at radius 2 is 2.10 bits per heavy atom. The van der Waals surface area contributed by atoms with Crippen LogP contribution in [0.2, 0.25) is 0 Å². The molecular weight excluding hydrogens is 132 g/mol. The maximum atomic E-state index is 4.59. The molecule has 0 aliphatic heterocycles. The van der Waals surface area contributed by atoms with Crippen molar-refractivity contribution in [3.05, 3.63) is 24.3 Å². The van der Waals surface area contributed by atoms with E-state index in [2.05, 4.69) is 19.7 Å². The second-order valence-corrected chi connectivity index (χ2v) is 1.59. The Balaban J connectivity index is 2.43. The summed E-state index contributed by atoms with van der Waals surface area (Å²) in [6.45, 7) is 0.289. The van der Waals surface area contributed by atoms with Crippen LogP contribution >= 0.6 is 0 Å². The van der Waals surface area contributed by atoms with E-state index in [9.17, 15) is 0 Å². The van der Waals surface area contributed by atoms with E-state index >= 15 is 0 Å². The number of hydrogen-bond donors (Lipinski definition) is 0. The van der Waals surface area contributed by atoms with Gasteiger partial charge in [-0.05, 0) is 6.07 Å². The summed E-state index contributed by atoms with van der Waals surface area (Å²) in [6, 6.07) is 1.75. The van der Waals surface area contributed by atoms with E-state index in [1.807, 2.05) is 0 Å². The van der Waals surface area contributed by atoms with Crippen molar-refractivity contribution in [1.82, 2.24) is 9.97 Å². The van der Waals surface area contributed by atoms with E-state index in [4.69, 9.17) is 0 Å². The smallest absolute Gasteiger partial charge is 0.157 e. The normalized spacial score (nSPS) is 9.70. The average Bonchev–Trinajstić information content (AvgIpc) is 2.03. The molecule has 0 aromatic carbocycles. The minimum Gasteiger partial charge on any atom is -0.240 e. The van der Waals surface area contributed by atoms with Gasteiger partial charge < -0.3 is 0 Å². The van der Waals surface area contributed by atoms with Crippen molar-refractivity contribution >= 4 is 0 Å². The molecule has 0 saturated heterocycles. The summed E-state index contributed by atoms with van der Waals surface area (Å²) in [5.41, 5.74) is 0. The Morgan fingerprint density at radius 1 is 1.40 bits per heavy atom. The first kappa shape index (κ1) is 7.11. The lowest BCUT2D eigenvalue weighted by Crippen LogP contribution is -1.96. The van der Waals surface area contributed by atoms with E-state index in [1.54, 1.807) is 18.5 Å². The van der Waals surface area contributed by atoms with E-state index in [0.717, 1.165) is 0 Å². The van der Waals surface area contributed by atoms with Crippen molar-refractivity contribution < 1.29 is 9.78 Å². The summed E-state index contributed by atoms with van der Waals surface area (Å²) in [5, 5.41) is 0. The average molecular weight is 140 g/mol. The third kappa shape index (κ3) is 2.08. The predicted octanol–water partition coefficient (Wildman–Crippen LogP) is 0.555. The zero-order valence-electron chi connectivity index (χ0n) is 5.65. The van der Waals surface area contributed by atoms with Crippen LogP contribution in [0.3, 0.4) is 0 Å². The molecule has 0 atom stereocenters. The van der Waals surface area contributed by atoms with Gasteiger partial charge in [0.15, 0.2) is 5.82 Å². The van der Waals surface area contributed by atoms with E-state index < -0.39 is 0 Å². The monoisotopic (exact) mass is 140 g/mol. The van der Waals surface area contributed by atoms with Crippen molar-refractivity contribution in [2.75, 3.05) is 7.11 Å². The molecule has 4 heteroatoms. The molecule has 10 heavy (non-hydrogen) atoms. The molecule has 0 aliphatic carbocycles. The molecule has 54 valence electrons. The Labute approximate surface area is 58.8 Å². The van der Waals surface area contributed by atoms with Crippen LogP contribution in [0.1, 0.15) is 5.82 Å². The maximum absolute atomic E-state index is 4.59. The highest BCUT2D eigenvalue weighted by atomic mass is 17.2. The van der Waals surface area contributed by atoms with Crippen LogP contribution in [0.4, 0.5) is 0 Å². The van der Waals surface area contributed by atoms with Crippen LogP contribution in [0.25, 0.3) is 0 Å². The number of rotatable bonds is 3. The van der Waals surface area contributed by atoms with Gasteiger partial charge in [0, 0.05) is 12.4 Å². The fourth-order valence-electron chi connectivity index (χ4n) is 0.516. The Morgan fingerprint density at radius 3 is 2.70 bits per heavy atom. The van der Waals surface area contributed by atoms with Crippen LogP contribution in [-0.4, -0.2) is 17.1 Å². The molecule has 0 amide bonds. The molecule has 0 unspecified atom stereocenters. The molecule has 0 saturated carbocycles. The van der Waals surface area contributed by atoms with Gasteiger partial charge in [-0.1, -0.05) is 0 Å². The first-order valence-electron chi connectivity index (χ1n) is 2.85. The fourth-order valence-corrected chi connectivity index (χ4v) is 0.516. The third-order valence-corrected chi connectivity index (χ3v) is 0.925. The Hall–Kier alpha value is -1.00. The molecule has 1 aromatic rings. The molecule has 0 spiro atoms. The SMILES string of the molecule is COOCc1ncccn1. The quantitative estimate of drug-likeness (QED) is 0.454. The lowest BCUT2D eigenvalue weighted by atomic mass is 10.6. The van der Waals surface area contributed by atoms with Gasteiger partial charge in [-0.25, -0.2) is 19.7 Å². The van der Waals surface area contributed by atoms with Gasteiger partial charge in [0.25, 0.3) is 0 Å². The van der Waals surface area contributed by atoms with Crippen LogP contribution in [0.5, 0.6) is 0 Å².